The second-order valence-corrected chi connectivity index (χ2v) is 9.34. The summed E-state index contributed by atoms with van der Waals surface area (Å²) >= 11 is 0. The number of aliphatic hydroxyl groups is 1. The lowest BCUT2D eigenvalue weighted by Gasteiger charge is -2.22. The van der Waals surface area contributed by atoms with E-state index in [2.05, 4.69) is 13.8 Å². The minimum atomic E-state index is -1.36. The van der Waals surface area contributed by atoms with Crippen LogP contribution in [0.25, 0.3) is 21.9 Å². The number of benzene rings is 3. The molecule has 34 heavy (non-hydrogen) atoms. The van der Waals surface area contributed by atoms with E-state index in [1.165, 1.54) is 0 Å². The fraction of sp³-hybridized carbons (Fsp3) is 0.276. The highest BCUT2D eigenvalue weighted by Crippen LogP contribution is 2.40. The Balaban J connectivity index is 1.86. The van der Waals surface area contributed by atoms with E-state index >= 15 is 0 Å². The van der Waals surface area contributed by atoms with Gasteiger partial charge in [0, 0.05) is 10.9 Å². The van der Waals surface area contributed by atoms with Crippen molar-refractivity contribution in [2.45, 2.75) is 39.9 Å². The van der Waals surface area contributed by atoms with Gasteiger partial charge in [0.25, 0.3) is 0 Å². The van der Waals surface area contributed by atoms with Gasteiger partial charge in [0.1, 0.15) is 18.0 Å². The Hall–Kier alpha value is -3.57. The van der Waals surface area contributed by atoms with Crippen molar-refractivity contribution < 1.29 is 19.0 Å². The topological polar surface area (TPSA) is 68.9 Å². The molecule has 1 aromatic heterocycles. The van der Waals surface area contributed by atoms with Gasteiger partial charge in [0.2, 0.25) is 0 Å². The van der Waals surface area contributed by atoms with Crippen LogP contribution in [0.15, 0.2) is 82.0 Å². The third-order valence-electron chi connectivity index (χ3n) is 5.44. The number of hydrogen-bond donors (Lipinski definition) is 1. The van der Waals surface area contributed by atoms with Crippen LogP contribution in [0.4, 0.5) is 0 Å². The first kappa shape index (κ1) is 23.6. The van der Waals surface area contributed by atoms with Crippen molar-refractivity contribution >= 4 is 10.8 Å². The molecule has 176 valence electrons. The standard InChI is InChI=1S/C29H30O5/c1-19(2)17-32-24-15-14-21(16-25(24)33-18-20-10-6-5-7-11-20)26-22-12-8-9-13-23(22)28(30)34-27(26)29(3,4)31/h5-16,19,31H,17-18H2,1-4H3. The molecular weight excluding hydrogens is 428 g/mol. The van der Waals surface area contributed by atoms with Crippen molar-refractivity contribution in [1.29, 1.82) is 0 Å². The maximum absolute atomic E-state index is 12.6. The van der Waals surface area contributed by atoms with Gasteiger partial charge in [-0.3, -0.25) is 0 Å². The van der Waals surface area contributed by atoms with Gasteiger partial charge < -0.3 is 19.0 Å². The van der Waals surface area contributed by atoms with Crippen LogP contribution >= 0.6 is 0 Å². The van der Waals surface area contributed by atoms with Crippen molar-refractivity contribution in [3.05, 3.63) is 94.5 Å². The first-order chi connectivity index (χ1) is 16.2. The lowest BCUT2D eigenvalue weighted by Crippen LogP contribution is -2.20. The van der Waals surface area contributed by atoms with E-state index in [-0.39, 0.29) is 5.76 Å². The van der Waals surface area contributed by atoms with Crippen LogP contribution in [0.3, 0.4) is 0 Å². The molecule has 0 atom stereocenters. The largest absolute Gasteiger partial charge is 0.489 e. The number of hydrogen-bond acceptors (Lipinski definition) is 5. The van der Waals surface area contributed by atoms with Gasteiger partial charge in [-0.15, -0.1) is 0 Å². The molecular formula is C29H30O5. The number of ether oxygens (including phenoxy) is 2. The van der Waals surface area contributed by atoms with E-state index < -0.39 is 11.2 Å². The minimum Gasteiger partial charge on any atom is -0.489 e. The van der Waals surface area contributed by atoms with Crippen molar-refractivity contribution in [3.8, 4) is 22.6 Å². The SMILES string of the molecule is CC(C)COc1ccc(-c2c(C(C)(C)O)oc(=O)c3ccccc23)cc1OCc1ccccc1. The normalized spacial score (nSPS) is 11.7. The van der Waals surface area contributed by atoms with Gasteiger partial charge in [-0.2, -0.15) is 0 Å². The van der Waals surface area contributed by atoms with Crippen molar-refractivity contribution in [1.82, 2.24) is 0 Å². The molecule has 0 spiro atoms. The van der Waals surface area contributed by atoms with Crippen LogP contribution in [-0.2, 0) is 12.2 Å². The fourth-order valence-corrected chi connectivity index (χ4v) is 3.80. The van der Waals surface area contributed by atoms with Crippen LogP contribution < -0.4 is 15.1 Å². The molecule has 0 saturated heterocycles. The molecule has 0 bridgehead atoms. The maximum Gasteiger partial charge on any atom is 0.343 e. The van der Waals surface area contributed by atoms with E-state index in [0.29, 0.717) is 47.0 Å². The predicted molar refractivity (Wildman–Crippen MR) is 134 cm³/mol. The predicted octanol–water partition coefficient (Wildman–Crippen LogP) is 6.30. The maximum atomic E-state index is 12.6. The molecule has 4 rings (SSSR count). The molecule has 5 nitrogen and oxygen atoms in total. The third-order valence-corrected chi connectivity index (χ3v) is 5.44. The lowest BCUT2D eigenvalue weighted by molar-refractivity contribution is 0.0521. The molecule has 4 aromatic rings. The molecule has 0 amide bonds. The van der Waals surface area contributed by atoms with Crippen LogP contribution in [0.2, 0.25) is 0 Å². The van der Waals surface area contributed by atoms with Crippen molar-refractivity contribution in [2.24, 2.45) is 5.92 Å². The number of rotatable bonds is 8. The molecule has 0 aliphatic rings. The van der Waals surface area contributed by atoms with Gasteiger partial charge in [-0.25, -0.2) is 4.79 Å². The average Bonchev–Trinajstić information content (AvgIpc) is 2.82. The molecule has 0 radical (unpaired) electrons. The Morgan fingerprint density at radius 2 is 1.56 bits per heavy atom. The van der Waals surface area contributed by atoms with Crippen molar-refractivity contribution in [3.63, 3.8) is 0 Å². The van der Waals surface area contributed by atoms with Gasteiger partial charge in [0.05, 0.1) is 12.0 Å². The molecule has 0 unspecified atom stereocenters. The second kappa shape index (κ2) is 9.74. The second-order valence-electron chi connectivity index (χ2n) is 9.34. The van der Waals surface area contributed by atoms with Gasteiger partial charge in [0.15, 0.2) is 11.5 Å². The molecule has 0 aliphatic carbocycles. The summed E-state index contributed by atoms with van der Waals surface area (Å²) in [4.78, 5) is 12.6. The Labute approximate surface area is 199 Å². The summed E-state index contributed by atoms with van der Waals surface area (Å²) in [6, 6.07) is 22.8. The summed E-state index contributed by atoms with van der Waals surface area (Å²) in [5.74, 6) is 1.79. The summed E-state index contributed by atoms with van der Waals surface area (Å²) in [6.07, 6.45) is 0. The van der Waals surface area contributed by atoms with E-state index in [9.17, 15) is 9.90 Å². The van der Waals surface area contributed by atoms with E-state index in [4.69, 9.17) is 13.9 Å². The lowest BCUT2D eigenvalue weighted by atomic mass is 9.92. The molecule has 5 heteroatoms. The van der Waals surface area contributed by atoms with E-state index in [1.54, 1.807) is 26.0 Å². The first-order valence-corrected chi connectivity index (χ1v) is 11.5. The Morgan fingerprint density at radius 3 is 2.24 bits per heavy atom. The average molecular weight is 459 g/mol. The summed E-state index contributed by atoms with van der Waals surface area (Å²) in [7, 11) is 0. The zero-order valence-electron chi connectivity index (χ0n) is 20.0. The summed E-state index contributed by atoms with van der Waals surface area (Å²) in [5.41, 5.74) is 0.612. The molecule has 0 fully saturated rings. The number of fused-ring (bicyclic) bond motifs is 1. The molecule has 1 heterocycles. The van der Waals surface area contributed by atoms with E-state index in [0.717, 1.165) is 11.1 Å². The Kier molecular flexibility index (Phi) is 6.75. The van der Waals surface area contributed by atoms with Crippen LogP contribution in [0.5, 0.6) is 11.5 Å². The van der Waals surface area contributed by atoms with Crippen molar-refractivity contribution in [2.75, 3.05) is 6.61 Å². The summed E-state index contributed by atoms with van der Waals surface area (Å²) in [5, 5.41) is 12.0. The Bertz CT molecular complexity index is 1330. The van der Waals surface area contributed by atoms with Crippen LogP contribution in [0.1, 0.15) is 39.0 Å². The monoisotopic (exact) mass is 458 g/mol. The van der Waals surface area contributed by atoms with Crippen LogP contribution in [0, 0.1) is 5.92 Å². The quantitative estimate of drug-likeness (QED) is 0.335. The highest BCUT2D eigenvalue weighted by atomic mass is 16.5. The molecule has 1 N–H and O–H groups in total. The molecule has 0 aliphatic heterocycles. The minimum absolute atomic E-state index is 0.209. The summed E-state index contributed by atoms with van der Waals surface area (Å²) < 4.78 is 17.9. The zero-order valence-corrected chi connectivity index (χ0v) is 20.0. The third kappa shape index (κ3) is 5.15. The molecule has 3 aromatic carbocycles. The smallest absolute Gasteiger partial charge is 0.343 e. The fourth-order valence-electron chi connectivity index (χ4n) is 3.80. The highest BCUT2D eigenvalue weighted by Gasteiger charge is 2.28. The highest BCUT2D eigenvalue weighted by molar-refractivity contribution is 5.97. The van der Waals surface area contributed by atoms with Gasteiger partial charge in [-0.1, -0.05) is 68.4 Å². The van der Waals surface area contributed by atoms with E-state index in [1.807, 2.05) is 60.7 Å². The van der Waals surface area contributed by atoms with Gasteiger partial charge >= 0.3 is 5.63 Å². The first-order valence-electron chi connectivity index (χ1n) is 11.5. The summed E-state index contributed by atoms with van der Waals surface area (Å²) in [6.45, 7) is 8.33. The zero-order chi connectivity index (χ0) is 24.3. The Morgan fingerprint density at radius 1 is 0.882 bits per heavy atom. The van der Waals surface area contributed by atoms with Crippen LogP contribution in [-0.4, -0.2) is 11.7 Å². The van der Waals surface area contributed by atoms with Gasteiger partial charge in [-0.05, 0) is 49.1 Å². The molecule has 0 saturated carbocycles.